The van der Waals surface area contributed by atoms with Crippen LogP contribution in [0.4, 0.5) is 0 Å². The summed E-state index contributed by atoms with van der Waals surface area (Å²) in [6.45, 7) is 2.63. The fourth-order valence-corrected chi connectivity index (χ4v) is 4.70. The predicted molar refractivity (Wildman–Crippen MR) is 92.4 cm³/mol. The summed E-state index contributed by atoms with van der Waals surface area (Å²) < 4.78 is 26.7. The molecule has 0 spiro atoms. The largest absolute Gasteiger partial charge is 0.339 e. The van der Waals surface area contributed by atoms with Gasteiger partial charge in [0.05, 0.1) is 11.6 Å². The van der Waals surface area contributed by atoms with E-state index < -0.39 is 10.0 Å². The van der Waals surface area contributed by atoms with Crippen LogP contribution in [0.25, 0.3) is 0 Å². The summed E-state index contributed by atoms with van der Waals surface area (Å²) in [4.78, 5) is 14.0. The highest BCUT2D eigenvalue weighted by atomic mass is 35.5. The number of amides is 1. The number of nitrogens with zero attached hydrogens (tertiary/aromatic N) is 2. The Balaban J connectivity index is 1.54. The molecule has 132 valence electrons. The van der Waals surface area contributed by atoms with Crippen LogP contribution >= 0.6 is 11.6 Å². The van der Waals surface area contributed by atoms with E-state index in [-0.39, 0.29) is 15.8 Å². The smallest absolute Gasteiger partial charge is 0.244 e. The summed E-state index contributed by atoms with van der Waals surface area (Å²) in [6.07, 6.45) is 2.50. The monoisotopic (exact) mass is 371 g/mol. The first kappa shape index (κ1) is 17.7. The lowest BCUT2D eigenvalue weighted by atomic mass is 10.3. The van der Waals surface area contributed by atoms with E-state index >= 15 is 0 Å². The maximum Gasteiger partial charge on any atom is 0.244 e. The molecule has 6 nitrogen and oxygen atoms in total. The van der Waals surface area contributed by atoms with Gasteiger partial charge in [-0.25, -0.2) is 8.42 Å². The molecule has 1 aromatic carbocycles. The Bertz CT molecular complexity index is 698. The number of carbonyl (C=O) groups excluding carboxylic acids is 1. The van der Waals surface area contributed by atoms with Gasteiger partial charge in [0, 0.05) is 26.2 Å². The van der Waals surface area contributed by atoms with Crippen molar-refractivity contribution < 1.29 is 13.2 Å². The van der Waals surface area contributed by atoms with Crippen LogP contribution in [0.1, 0.15) is 12.8 Å². The Morgan fingerprint density at radius 3 is 2.46 bits per heavy atom. The fourth-order valence-electron chi connectivity index (χ4n) is 2.79. The van der Waals surface area contributed by atoms with Gasteiger partial charge in [-0.05, 0) is 37.4 Å². The number of rotatable bonds is 6. The van der Waals surface area contributed by atoms with Crippen molar-refractivity contribution in [2.75, 3.05) is 39.3 Å². The lowest BCUT2D eigenvalue weighted by Gasteiger charge is -2.34. The molecular weight excluding hydrogens is 350 g/mol. The van der Waals surface area contributed by atoms with Crippen molar-refractivity contribution in [1.82, 2.24) is 14.5 Å². The van der Waals surface area contributed by atoms with Crippen LogP contribution in [0.3, 0.4) is 0 Å². The number of hydrogen-bond acceptors (Lipinski definition) is 4. The van der Waals surface area contributed by atoms with Gasteiger partial charge < -0.3 is 10.2 Å². The zero-order valence-electron chi connectivity index (χ0n) is 13.4. The molecule has 1 aromatic rings. The van der Waals surface area contributed by atoms with E-state index in [0.717, 1.165) is 12.5 Å². The first-order valence-electron chi connectivity index (χ1n) is 8.21. The molecule has 0 bridgehead atoms. The van der Waals surface area contributed by atoms with Crippen LogP contribution in [0, 0.1) is 5.92 Å². The molecule has 3 rings (SSSR count). The molecule has 0 unspecified atom stereocenters. The van der Waals surface area contributed by atoms with E-state index in [1.54, 1.807) is 23.1 Å². The third kappa shape index (κ3) is 4.08. The summed E-state index contributed by atoms with van der Waals surface area (Å²) in [5.74, 6) is 0.765. The van der Waals surface area contributed by atoms with E-state index in [9.17, 15) is 13.2 Å². The van der Waals surface area contributed by atoms with Crippen LogP contribution in [-0.4, -0.2) is 62.8 Å². The zero-order valence-corrected chi connectivity index (χ0v) is 15.0. The van der Waals surface area contributed by atoms with Gasteiger partial charge in [0.2, 0.25) is 15.9 Å². The van der Waals surface area contributed by atoms with Crippen LogP contribution in [0.2, 0.25) is 5.02 Å². The van der Waals surface area contributed by atoms with Gasteiger partial charge >= 0.3 is 0 Å². The van der Waals surface area contributed by atoms with Crippen LogP contribution in [-0.2, 0) is 14.8 Å². The lowest BCUT2D eigenvalue weighted by Crippen LogP contribution is -2.52. The molecule has 1 saturated carbocycles. The summed E-state index contributed by atoms with van der Waals surface area (Å²) >= 11 is 6.02. The Kier molecular flexibility index (Phi) is 5.44. The summed E-state index contributed by atoms with van der Waals surface area (Å²) in [7, 11) is -3.61. The normalized spacial score (nSPS) is 19.5. The van der Waals surface area contributed by atoms with Crippen LogP contribution in [0.5, 0.6) is 0 Å². The summed E-state index contributed by atoms with van der Waals surface area (Å²) in [5.41, 5.74) is 0. The van der Waals surface area contributed by atoms with E-state index in [0.29, 0.717) is 32.7 Å². The standard InChI is InChI=1S/C16H22ClN3O3S/c17-14-3-1-2-4-15(14)24(22,23)20-9-7-19(8-10-20)16(21)12-18-11-13-5-6-13/h1-4,13,18H,5-12H2. The van der Waals surface area contributed by atoms with Crippen molar-refractivity contribution in [2.45, 2.75) is 17.7 Å². The second-order valence-electron chi connectivity index (χ2n) is 6.29. The van der Waals surface area contributed by atoms with Crippen molar-refractivity contribution in [1.29, 1.82) is 0 Å². The third-order valence-corrected chi connectivity index (χ3v) is 6.85. The molecule has 1 saturated heterocycles. The molecule has 1 N–H and O–H groups in total. The second kappa shape index (κ2) is 7.39. The number of carbonyl (C=O) groups is 1. The highest BCUT2D eigenvalue weighted by Gasteiger charge is 2.31. The van der Waals surface area contributed by atoms with Gasteiger partial charge in [0.1, 0.15) is 4.90 Å². The van der Waals surface area contributed by atoms with Crippen molar-refractivity contribution in [3.8, 4) is 0 Å². The van der Waals surface area contributed by atoms with Crippen molar-refractivity contribution in [2.24, 2.45) is 5.92 Å². The molecule has 0 atom stereocenters. The van der Waals surface area contributed by atoms with E-state index in [1.165, 1.54) is 23.2 Å². The van der Waals surface area contributed by atoms with Crippen LogP contribution < -0.4 is 5.32 Å². The highest BCUT2D eigenvalue weighted by Crippen LogP contribution is 2.27. The number of halogens is 1. The van der Waals surface area contributed by atoms with E-state index in [1.807, 2.05) is 0 Å². The molecule has 1 heterocycles. The number of nitrogens with one attached hydrogen (secondary N) is 1. The molecular formula is C16H22ClN3O3S. The molecule has 1 aliphatic carbocycles. The van der Waals surface area contributed by atoms with Crippen molar-refractivity contribution in [3.05, 3.63) is 29.3 Å². The molecule has 2 fully saturated rings. The molecule has 2 aliphatic rings. The maximum absolute atomic E-state index is 12.7. The van der Waals surface area contributed by atoms with Gasteiger partial charge in [0.25, 0.3) is 0 Å². The number of piperazine rings is 1. The van der Waals surface area contributed by atoms with Gasteiger partial charge in [0.15, 0.2) is 0 Å². The zero-order chi connectivity index (χ0) is 17.2. The van der Waals surface area contributed by atoms with E-state index in [4.69, 9.17) is 11.6 Å². The maximum atomic E-state index is 12.7. The van der Waals surface area contributed by atoms with E-state index in [2.05, 4.69) is 5.32 Å². The molecule has 0 aromatic heterocycles. The first-order valence-corrected chi connectivity index (χ1v) is 10.0. The van der Waals surface area contributed by atoms with Gasteiger partial charge in [-0.1, -0.05) is 23.7 Å². The topological polar surface area (TPSA) is 69.7 Å². The van der Waals surface area contributed by atoms with Crippen molar-refractivity contribution >= 4 is 27.5 Å². The quantitative estimate of drug-likeness (QED) is 0.815. The van der Waals surface area contributed by atoms with Gasteiger partial charge in [-0.2, -0.15) is 4.31 Å². The molecule has 24 heavy (non-hydrogen) atoms. The average molecular weight is 372 g/mol. The molecule has 1 amide bonds. The van der Waals surface area contributed by atoms with Crippen LogP contribution in [0.15, 0.2) is 29.2 Å². The highest BCUT2D eigenvalue weighted by molar-refractivity contribution is 7.89. The fraction of sp³-hybridized carbons (Fsp3) is 0.562. The Morgan fingerprint density at radius 2 is 1.83 bits per heavy atom. The summed E-state index contributed by atoms with van der Waals surface area (Å²) in [6, 6.07) is 6.44. The third-order valence-electron chi connectivity index (χ3n) is 4.45. The lowest BCUT2D eigenvalue weighted by molar-refractivity contribution is -0.131. The van der Waals surface area contributed by atoms with Crippen molar-refractivity contribution in [3.63, 3.8) is 0 Å². The SMILES string of the molecule is O=C(CNCC1CC1)N1CCN(S(=O)(=O)c2ccccc2Cl)CC1. The minimum Gasteiger partial charge on any atom is -0.339 e. The minimum absolute atomic E-state index is 0.0328. The Hall–Kier alpha value is -1.15. The number of hydrogen-bond donors (Lipinski definition) is 1. The number of benzene rings is 1. The Labute approximate surface area is 147 Å². The molecule has 1 aliphatic heterocycles. The van der Waals surface area contributed by atoms with Gasteiger partial charge in [-0.15, -0.1) is 0 Å². The minimum atomic E-state index is -3.61. The first-order chi connectivity index (χ1) is 11.5. The molecule has 0 radical (unpaired) electrons. The predicted octanol–water partition coefficient (Wildman–Crippen LogP) is 1.17. The average Bonchev–Trinajstić information content (AvgIpc) is 3.39. The second-order valence-corrected chi connectivity index (χ2v) is 8.60. The molecule has 8 heteroatoms. The van der Waals surface area contributed by atoms with Gasteiger partial charge in [-0.3, -0.25) is 4.79 Å². The Morgan fingerprint density at radius 1 is 1.17 bits per heavy atom. The summed E-state index contributed by atoms with van der Waals surface area (Å²) in [5, 5.41) is 3.40. The number of sulfonamides is 1.